The van der Waals surface area contributed by atoms with Crippen molar-refractivity contribution in [2.45, 2.75) is 19.9 Å². The van der Waals surface area contributed by atoms with Crippen LogP contribution in [0.15, 0.2) is 30.6 Å². The third kappa shape index (κ3) is 2.91. The van der Waals surface area contributed by atoms with Gasteiger partial charge in [-0.05, 0) is 26.0 Å². The average Bonchev–Trinajstić information content (AvgIpc) is 2.37. The van der Waals surface area contributed by atoms with E-state index >= 15 is 0 Å². The van der Waals surface area contributed by atoms with Crippen molar-refractivity contribution >= 4 is 16.7 Å². The van der Waals surface area contributed by atoms with Crippen LogP contribution in [0.3, 0.4) is 0 Å². The molecule has 1 aromatic carbocycles. The van der Waals surface area contributed by atoms with E-state index < -0.39 is 0 Å². The van der Waals surface area contributed by atoms with Crippen LogP contribution in [-0.4, -0.2) is 29.2 Å². The third-order valence-corrected chi connectivity index (χ3v) is 2.50. The van der Waals surface area contributed by atoms with Crippen molar-refractivity contribution in [3.05, 3.63) is 30.6 Å². The van der Waals surface area contributed by atoms with Crippen molar-refractivity contribution < 1.29 is 4.74 Å². The van der Waals surface area contributed by atoms with Crippen LogP contribution in [0.1, 0.15) is 13.8 Å². The Labute approximate surface area is 101 Å². The molecule has 0 amide bonds. The minimum Gasteiger partial charge on any atom is -0.380 e. The van der Waals surface area contributed by atoms with Gasteiger partial charge in [-0.2, -0.15) is 0 Å². The van der Waals surface area contributed by atoms with E-state index in [2.05, 4.69) is 22.2 Å². The Morgan fingerprint density at radius 2 is 2.12 bits per heavy atom. The molecule has 17 heavy (non-hydrogen) atoms. The van der Waals surface area contributed by atoms with Crippen molar-refractivity contribution in [2.75, 3.05) is 18.5 Å². The Bertz CT molecular complexity index is 482. The second-order valence-corrected chi connectivity index (χ2v) is 3.94. The number of nitrogens with one attached hydrogen (secondary N) is 1. The Morgan fingerprint density at radius 1 is 1.29 bits per heavy atom. The van der Waals surface area contributed by atoms with E-state index in [0.717, 1.165) is 23.3 Å². The number of rotatable bonds is 5. The molecular weight excluding hydrogens is 214 g/mol. The molecule has 2 rings (SSSR count). The summed E-state index contributed by atoms with van der Waals surface area (Å²) >= 11 is 0. The Hall–Kier alpha value is -1.68. The maximum Gasteiger partial charge on any atom is 0.137 e. The molecule has 1 aromatic heterocycles. The Balaban J connectivity index is 2.18. The highest BCUT2D eigenvalue weighted by atomic mass is 16.5. The van der Waals surface area contributed by atoms with Crippen LogP contribution in [0.2, 0.25) is 0 Å². The summed E-state index contributed by atoms with van der Waals surface area (Å²) in [6.45, 7) is 5.48. The number of benzene rings is 1. The van der Waals surface area contributed by atoms with Crippen molar-refractivity contribution in [2.24, 2.45) is 0 Å². The minimum atomic E-state index is 0.230. The lowest BCUT2D eigenvalue weighted by molar-refractivity contribution is 0.141. The topological polar surface area (TPSA) is 47.0 Å². The third-order valence-electron chi connectivity index (χ3n) is 2.50. The number of hydrogen-bond donors (Lipinski definition) is 1. The zero-order chi connectivity index (χ0) is 12.1. The van der Waals surface area contributed by atoms with Gasteiger partial charge in [-0.1, -0.05) is 12.1 Å². The van der Waals surface area contributed by atoms with Crippen LogP contribution in [0.5, 0.6) is 0 Å². The number of anilines is 1. The van der Waals surface area contributed by atoms with Crippen molar-refractivity contribution in [1.82, 2.24) is 9.97 Å². The number of ether oxygens (including phenoxy) is 1. The van der Waals surface area contributed by atoms with E-state index in [9.17, 15) is 0 Å². The van der Waals surface area contributed by atoms with E-state index in [-0.39, 0.29) is 6.04 Å². The lowest BCUT2D eigenvalue weighted by Crippen LogP contribution is -2.22. The van der Waals surface area contributed by atoms with Crippen molar-refractivity contribution in [1.29, 1.82) is 0 Å². The Kier molecular flexibility index (Phi) is 3.88. The number of nitrogens with zero attached hydrogens (tertiary/aromatic N) is 2. The minimum absolute atomic E-state index is 0.230. The first-order valence-corrected chi connectivity index (χ1v) is 5.85. The van der Waals surface area contributed by atoms with Gasteiger partial charge < -0.3 is 10.1 Å². The SMILES string of the molecule is CCOCC(C)Nc1ncnc2ccccc12. The fourth-order valence-corrected chi connectivity index (χ4v) is 1.69. The maximum atomic E-state index is 5.37. The van der Waals surface area contributed by atoms with Gasteiger partial charge in [0.1, 0.15) is 12.1 Å². The van der Waals surface area contributed by atoms with E-state index in [1.807, 2.05) is 31.2 Å². The molecule has 0 aliphatic heterocycles. The molecule has 0 spiro atoms. The molecule has 1 unspecified atom stereocenters. The molecule has 0 bridgehead atoms. The lowest BCUT2D eigenvalue weighted by Gasteiger charge is -2.15. The van der Waals surface area contributed by atoms with Crippen LogP contribution < -0.4 is 5.32 Å². The molecule has 0 saturated heterocycles. The zero-order valence-electron chi connectivity index (χ0n) is 10.2. The summed E-state index contributed by atoms with van der Waals surface area (Å²) in [6.07, 6.45) is 1.58. The molecule has 90 valence electrons. The van der Waals surface area contributed by atoms with Crippen LogP contribution in [0.4, 0.5) is 5.82 Å². The molecule has 4 heteroatoms. The summed E-state index contributed by atoms with van der Waals surface area (Å²) in [7, 11) is 0. The normalized spacial score (nSPS) is 12.6. The summed E-state index contributed by atoms with van der Waals surface area (Å²) in [5.74, 6) is 0.864. The molecule has 0 saturated carbocycles. The highest BCUT2D eigenvalue weighted by Gasteiger charge is 2.06. The highest BCUT2D eigenvalue weighted by Crippen LogP contribution is 2.18. The fraction of sp³-hybridized carbons (Fsp3) is 0.385. The molecule has 0 radical (unpaired) electrons. The van der Waals surface area contributed by atoms with Gasteiger partial charge in [0.25, 0.3) is 0 Å². The molecule has 2 aromatic rings. The monoisotopic (exact) mass is 231 g/mol. The summed E-state index contributed by atoms with van der Waals surface area (Å²) in [5, 5.41) is 4.38. The second kappa shape index (κ2) is 5.59. The molecule has 1 N–H and O–H groups in total. The average molecular weight is 231 g/mol. The number of para-hydroxylation sites is 1. The summed E-state index contributed by atoms with van der Waals surface area (Å²) in [6, 6.07) is 8.20. The molecular formula is C13H17N3O. The van der Waals surface area contributed by atoms with Gasteiger partial charge >= 0.3 is 0 Å². The maximum absolute atomic E-state index is 5.37. The molecule has 1 atom stereocenters. The molecule has 4 nitrogen and oxygen atoms in total. The Morgan fingerprint density at radius 3 is 2.94 bits per heavy atom. The quantitative estimate of drug-likeness (QED) is 0.858. The first-order valence-electron chi connectivity index (χ1n) is 5.85. The van der Waals surface area contributed by atoms with Crippen molar-refractivity contribution in [3.8, 4) is 0 Å². The lowest BCUT2D eigenvalue weighted by atomic mass is 10.2. The van der Waals surface area contributed by atoms with Crippen LogP contribution in [0, 0.1) is 0 Å². The van der Waals surface area contributed by atoms with E-state index in [1.54, 1.807) is 6.33 Å². The first-order chi connectivity index (χ1) is 8.31. The van der Waals surface area contributed by atoms with Gasteiger partial charge in [0.05, 0.1) is 12.1 Å². The highest BCUT2D eigenvalue weighted by molar-refractivity contribution is 5.88. The number of hydrogen-bond acceptors (Lipinski definition) is 4. The van der Waals surface area contributed by atoms with Gasteiger partial charge in [0, 0.05) is 18.0 Å². The van der Waals surface area contributed by atoms with Gasteiger partial charge in [-0.3, -0.25) is 0 Å². The summed E-state index contributed by atoms with van der Waals surface area (Å²) in [4.78, 5) is 8.51. The second-order valence-electron chi connectivity index (χ2n) is 3.94. The van der Waals surface area contributed by atoms with E-state index in [4.69, 9.17) is 4.74 Å². The van der Waals surface area contributed by atoms with Crippen LogP contribution in [0.25, 0.3) is 10.9 Å². The van der Waals surface area contributed by atoms with Crippen LogP contribution >= 0.6 is 0 Å². The summed E-state index contributed by atoms with van der Waals surface area (Å²) in [5.41, 5.74) is 0.952. The first kappa shape index (κ1) is 11.8. The van der Waals surface area contributed by atoms with Gasteiger partial charge in [0.15, 0.2) is 0 Å². The number of fused-ring (bicyclic) bond motifs is 1. The summed E-state index contributed by atoms with van der Waals surface area (Å²) < 4.78 is 5.37. The van der Waals surface area contributed by atoms with E-state index in [1.165, 1.54) is 0 Å². The molecule has 1 heterocycles. The van der Waals surface area contributed by atoms with Gasteiger partial charge in [0.2, 0.25) is 0 Å². The van der Waals surface area contributed by atoms with E-state index in [0.29, 0.717) is 6.61 Å². The fourth-order valence-electron chi connectivity index (χ4n) is 1.69. The molecule has 0 fully saturated rings. The van der Waals surface area contributed by atoms with Crippen molar-refractivity contribution in [3.63, 3.8) is 0 Å². The number of aromatic nitrogens is 2. The standard InChI is InChI=1S/C13H17N3O/c1-3-17-8-10(2)16-13-11-6-4-5-7-12(11)14-9-15-13/h4-7,9-10H,3,8H2,1-2H3,(H,14,15,16). The largest absolute Gasteiger partial charge is 0.380 e. The predicted octanol–water partition coefficient (Wildman–Crippen LogP) is 2.47. The van der Waals surface area contributed by atoms with Gasteiger partial charge in [-0.25, -0.2) is 9.97 Å². The zero-order valence-corrected chi connectivity index (χ0v) is 10.2. The van der Waals surface area contributed by atoms with Crippen LogP contribution in [-0.2, 0) is 4.74 Å². The predicted molar refractivity (Wildman–Crippen MR) is 69.1 cm³/mol. The van der Waals surface area contributed by atoms with Gasteiger partial charge in [-0.15, -0.1) is 0 Å². The smallest absolute Gasteiger partial charge is 0.137 e. The molecule has 0 aliphatic rings. The molecule has 0 aliphatic carbocycles.